The molecule has 2 aromatic rings. The van der Waals surface area contributed by atoms with Crippen molar-refractivity contribution in [3.05, 3.63) is 70.6 Å². The summed E-state index contributed by atoms with van der Waals surface area (Å²) >= 11 is 0. The molecule has 28 heavy (non-hydrogen) atoms. The van der Waals surface area contributed by atoms with Gasteiger partial charge in [0.2, 0.25) is 0 Å². The first-order valence-electron chi connectivity index (χ1n) is 9.46. The Bertz CT molecular complexity index is 989. The number of nitrogens with zero attached hydrogens (tertiary/aromatic N) is 1. The third-order valence-electron chi connectivity index (χ3n) is 5.91. The van der Waals surface area contributed by atoms with Crippen LogP contribution >= 0.6 is 0 Å². The zero-order chi connectivity index (χ0) is 20.6. The van der Waals surface area contributed by atoms with Crippen LogP contribution in [0, 0.1) is 0 Å². The molecule has 0 radical (unpaired) electrons. The van der Waals surface area contributed by atoms with Gasteiger partial charge >= 0.3 is 11.9 Å². The molecule has 0 saturated carbocycles. The van der Waals surface area contributed by atoms with Crippen LogP contribution in [-0.2, 0) is 15.0 Å². The number of hydrogen-bond acceptors (Lipinski definition) is 3. The van der Waals surface area contributed by atoms with Crippen molar-refractivity contribution in [3.63, 3.8) is 0 Å². The van der Waals surface area contributed by atoms with Crippen molar-refractivity contribution < 1.29 is 19.8 Å². The van der Waals surface area contributed by atoms with Crippen LogP contribution in [-0.4, -0.2) is 33.6 Å². The summed E-state index contributed by atoms with van der Waals surface area (Å²) in [7, 11) is 0. The predicted octanol–water partition coefficient (Wildman–Crippen LogP) is 4.54. The zero-order valence-electron chi connectivity index (χ0n) is 16.6. The molecule has 0 amide bonds. The summed E-state index contributed by atoms with van der Waals surface area (Å²) in [6, 6.07) is 13.4. The quantitative estimate of drug-likeness (QED) is 0.797. The normalized spacial score (nSPS) is 16.6. The molecule has 1 aliphatic rings. The summed E-state index contributed by atoms with van der Waals surface area (Å²) in [5.74, 6) is -2.17. The minimum absolute atomic E-state index is 0.135. The second kappa shape index (κ2) is 7.15. The first-order chi connectivity index (χ1) is 13.3. The van der Waals surface area contributed by atoms with E-state index >= 15 is 0 Å². The molecule has 0 atom stereocenters. The first-order valence-corrected chi connectivity index (χ1v) is 9.46. The molecule has 0 aliphatic carbocycles. The third kappa shape index (κ3) is 2.61. The van der Waals surface area contributed by atoms with Crippen LogP contribution in [0.5, 0.6) is 0 Å². The van der Waals surface area contributed by atoms with Crippen LogP contribution in [0.3, 0.4) is 0 Å². The van der Waals surface area contributed by atoms with Gasteiger partial charge in [-0.15, -0.1) is 0 Å². The van der Waals surface area contributed by atoms with Gasteiger partial charge in [-0.1, -0.05) is 49.4 Å². The molecule has 0 saturated heterocycles. The summed E-state index contributed by atoms with van der Waals surface area (Å²) in [4.78, 5) is 26.8. The molecule has 0 fully saturated rings. The highest BCUT2D eigenvalue weighted by molar-refractivity contribution is 6.03. The molecule has 0 unspecified atom stereocenters. The maximum Gasteiger partial charge on any atom is 0.334 e. The van der Waals surface area contributed by atoms with Crippen molar-refractivity contribution >= 4 is 22.7 Å². The number of rotatable bonds is 5. The van der Waals surface area contributed by atoms with Crippen LogP contribution in [0.25, 0.3) is 10.8 Å². The number of allylic oxidation sites excluding steroid dienone is 2. The molecule has 1 heterocycles. The highest BCUT2D eigenvalue weighted by atomic mass is 16.4. The third-order valence-corrected chi connectivity index (χ3v) is 5.91. The van der Waals surface area contributed by atoms with E-state index in [-0.39, 0.29) is 11.1 Å². The lowest BCUT2D eigenvalue weighted by molar-refractivity contribution is -0.134. The summed E-state index contributed by atoms with van der Waals surface area (Å²) in [6.45, 7) is 7.79. The Hall–Kier alpha value is -3.08. The van der Waals surface area contributed by atoms with Gasteiger partial charge in [0.05, 0.1) is 16.6 Å². The predicted molar refractivity (Wildman–Crippen MR) is 109 cm³/mol. The maximum absolute atomic E-state index is 12.5. The SMILES string of the molecule is CCN1C(C)=C(C(=O)O)C(CC)(c2cccc3ccccc23)C(C(=O)O)=C1C. The van der Waals surface area contributed by atoms with Crippen molar-refractivity contribution in [1.82, 2.24) is 4.90 Å². The molecule has 5 nitrogen and oxygen atoms in total. The van der Waals surface area contributed by atoms with Gasteiger partial charge in [0.1, 0.15) is 0 Å². The van der Waals surface area contributed by atoms with Crippen LogP contribution in [0.4, 0.5) is 0 Å². The van der Waals surface area contributed by atoms with Gasteiger partial charge in [0.15, 0.2) is 0 Å². The molecule has 146 valence electrons. The van der Waals surface area contributed by atoms with Crippen LogP contribution in [0.15, 0.2) is 65.0 Å². The lowest BCUT2D eigenvalue weighted by Gasteiger charge is -2.44. The van der Waals surface area contributed by atoms with Gasteiger partial charge in [0, 0.05) is 17.9 Å². The largest absolute Gasteiger partial charge is 0.478 e. The molecule has 2 N–H and O–H groups in total. The van der Waals surface area contributed by atoms with E-state index in [2.05, 4.69) is 0 Å². The number of carbonyl (C=O) groups is 2. The Labute approximate surface area is 164 Å². The van der Waals surface area contributed by atoms with Crippen LogP contribution < -0.4 is 0 Å². The highest BCUT2D eigenvalue weighted by Crippen LogP contribution is 2.51. The minimum Gasteiger partial charge on any atom is -0.478 e. The number of benzene rings is 2. The maximum atomic E-state index is 12.5. The fourth-order valence-corrected chi connectivity index (χ4v) is 4.82. The Morgan fingerprint density at radius 2 is 1.43 bits per heavy atom. The van der Waals surface area contributed by atoms with Crippen LogP contribution in [0.1, 0.15) is 39.7 Å². The van der Waals surface area contributed by atoms with E-state index < -0.39 is 17.4 Å². The molecule has 0 spiro atoms. The number of fused-ring (bicyclic) bond motifs is 1. The van der Waals surface area contributed by atoms with Gasteiger partial charge in [0.25, 0.3) is 0 Å². The molecule has 1 aliphatic heterocycles. The number of carboxylic acids is 2. The fourth-order valence-electron chi connectivity index (χ4n) is 4.82. The summed E-state index contributed by atoms with van der Waals surface area (Å²) < 4.78 is 0. The molecule has 5 heteroatoms. The Balaban J connectivity index is 2.54. The number of aliphatic carboxylic acids is 2. The average molecular weight is 379 g/mol. The molecule has 3 rings (SSSR count). The Kier molecular flexibility index (Phi) is 5.02. The van der Waals surface area contributed by atoms with Gasteiger partial charge in [-0.25, -0.2) is 9.59 Å². The monoisotopic (exact) mass is 379 g/mol. The summed E-state index contributed by atoms with van der Waals surface area (Å²) in [5, 5.41) is 22.2. The molecular formula is C23H25NO4. The first kappa shape index (κ1) is 19.7. The van der Waals surface area contributed by atoms with Gasteiger partial charge in [-0.2, -0.15) is 0 Å². The smallest absolute Gasteiger partial charge is 0.334 e. The fraction of sp³-hybridized carbons (Fsp3) is 0.304. The highest BCUT2D eigenvalue weighted by Gasteiger charge is 2.51. The van der Waals surface area contributed by atoms with Crippen molar-refractivity contribution in [3.8, 4) is 0 Å². The second-order valence-electron chi connectivity index (χ2n) is 7.06. The zero-order valence-corrected chi connectivity index (χ0v) is 16.6. The molecule has 0 bridgehead atoms. The van der Waals surface area contributed by atoms with E-state index in [1.54, 1.807) is 18.7 Å². The molecular weight excluding hydrogens is 354 g/mol. The second-order valence-corrected chi connectivity index (χ2v) is 7.06. The van der Waals surface area contributed by atoms with Gasteiger partial charge < -0.3 is 15.1 Å². The van der Waals surface area contributed by atoms with E-state index in [1.807, 2.05) is 56.3 Å². The molecule has 0 aromatic heterocycles. The summed E-state index contributed by atoms with van der Waals surface area (Å²) in [6.07, 6.45) is 0.330. The Morgan fingerprint density at radius 1 is 0.893 bits per heavy atom. The van der Waals surface area contributed by atoms with E-state index in [4.69, 9.17) is 0 Å². The van der Waals surface area contributed by atoms with Crippen molar-refractivity contribution in [2.45, 2.75) is 39.5 Å². The number of carboxylic acid groups (broad SMARTS) is 2. The van der Waals surface area contributed by atoms with E-state index in [1.165, 1.54) is 0 Å². The lowest BCUT2D eigenvalue weighted by atomic mass is 9.63. The average Bonchev–Trinajstić information content (AvgIpc) is 2.66. The minimum atomic E-state index is -1.24. The van der Waals surface area contributed by atoms with Gasteiger partial charge in [-0.3, -0.25) is 0 Å². The number of hydrogen-bond donors (Lipinski definition) is 2. The standard InChI is InChI=1S/C23H25NO4/c1-5-23(18-13-9-11-16-10-7-8-12-17(16)18)19(21(25)26)14(3)24(6-2)15(4)20(23)22(27)28/h7-13H,5-6H2,1-4H3,(H,25,26)(H,27,28). The van der Waals surface area contributed by atoms with E-state index in [9.17, 15) is 19.8 Å². The molecule has 2 aromatic carbocycles. The topological polar surface area (TPSA) is 77.8 Å². The van der Waals surface area contributed by atoms with Crippen LogP contribution in [0.2, 0.25) is 0 Å². The summed E-state index contributed by atoms with van der Waals surface area (Å²) in [5.41, 5.74) is 0.933. The van der Waals surface area contributed by atoms with Crippen molar-refractivity contribution in [1.29, 1.82) is 0 Å². The lowest BCUT2D eigenvalue weighted by Crippen LogP contribution is -2.45. The van der Waals surface area contributed by atoms with Crippen molar-refractivity contribution in [2.75, 3.05) is 6.54 Å². The Morgan fingerprint density at radius 3 is 1.93 bits per heavy atom. The van der Waals surface area contributed by atoms with E-state index in [0.29, 0.717) is 24.4 Å². The van der Waals surface area contributed by atoms with E-state index in [0.717, 1.165) is 16.3 Å². The van der Waals surface area contributed by atoms with Crippen molar-refractivity contribution in [2.24, 2.45) is 0 Å². The van der Waals surface area contributed by atoms with Gasteiger partial charge in [-0.05, 0) is 43.5 Å².